The van der Waals surface area contributed by atoms with E-state index < -0.39 is 0 Å². The van der Waals surface area contributed by atoms with E-state index in [1.807, 2.05) is 0 Å². The molecule has 1 saturated heterocycles. The molecule has 1 aliphatic heterocycles. The van der Waals surface area contributed by atoms with Crippen LogP contribution < -0.4 is 0 Å². The quantitative estimate of drug-likeness (QED) is 0.584. The lowest BCUT2D eigenvalue weighted by Gasteiger charge is -2.19. The Balaban J connectivity index is 2.41. The van der Waals surface area contributed by atoms with E-state index in [1.165, 1.54) is 0 Å². The molecule has 60 valence electrons. The van der Waals surface area contributed by atoms with Crippen LogP contribution in [-0.2, 0) is 0 Å². The summed E-state index contributed by atoms with van der Waals surface area (Å²) in [4.78, 5) is 2.31. The summed E-state index contributed by atoms with van der Waals surface area (Å²) in [6, 6.07) is 0.583. The topological polar surface area (TPSA) is 23.5 Å². The van der Waals surface area contributed by atoms with Crippen molar-refractivity contribution < 1.29 is 5.11 Å². The highest BCUT2D eigenvalue weighted by molar-refractivity contribution is 4.82. The second-order valence-corrected chi connectivity index (χ2v) is 3.59. The number of aliphatic hydroxyl groups is 1. The maximum Gasteiger partial charge on any atom is 0.0704 e. The van der Waals surface area contributed by atoms with E-state index in [0.29, 0.717) is 12.0 Å². The molecular formula is C8H17NO. The molecule has 0 unspecified atom stereocenters. The summed E-state index contributed by atoms with van der Waals surface area (Å²) < 4.78 is 0. The molecule has 0 aromatic rings. The third-order valence-electron chi connectivity index (χ3n) is 2.33. The highest BCUT2D eigenvalue weighted by atomic mass is 16.3. The first-order chi connectivity index (χ1) is 4.61. The smallest absolute Gasteiger partial charge is 0.0704 e. The SMILES string of the molecule is CC(C)N1C[C@@H](C)[C@@H](O)C1. The van der Waals surface area contributed by atoms with Crippen LogP contribution in [0.15, 0.2) is 0 Å². The summed E-state index contributed by atoms with van der Waals surface area (Å²) >= 11 is 0. The average molecular weight is 143 g/mol. The fourth-order valence-electron chi connectivity index (χ4n) is 1.41. The van der Waals surface area contributed by atoms with Gasteiger partial charge in [0.25, 0.3) is 0 Å². The Labute approximate surface area is 62.8 Å². The second-order valence-electron chi connectivity index (χ2n) is 3.59. The van der Waals surface area contributed by atoms with Crippen molar-refractivity contribution in [1.82, 2.24) is 4.90 Å². The van der Waals surface area contributed by atoms with Gasteiger partial charge < -0.3 is 5.11 Å². The van der Waals surface area contributed by atoms with Gasteiger partial charge in [0.05, 0.1) is 6.10 Å². The van der Waals surface area contributed by atoms with E-state index in [0.717, 1.165) is 13.1 Å². The van der Waals surface area contributed by atoms with Gasteiger partial charge in [0, 0.05) is 19.1 Å². The molecule has 2 atom stereocenters. The highest BCUT2D eigenvalue weighted by Gasteiger charge is 2.28. The van der Waals surface area contributed by atoms with Crippen LogP contribution in [0, 0.1) is 5.92 Å². The van der Waals surface area contributed by atoms with E-state index in [2.05, 4.69) is 25.7 Å². The van der Waals surface area contributed by atoms with Crippen molar-refractivity contribution >= 4 is 0 Å². The molecule has 0 radical (unpaired) electrons. The van der Waals surface area contributed by atoms with Crippen LogP contribution >= 0.6 is 0 Å². The standard InChI is InChI=1S/C8H17NO/c1-6(2)9-4-7(3)8(10)5-9/h6-8,10H,4-5H2,1-3H3/t7-,8+/m1/s1. The first kappa shape index (κ1) is 8.02. The summed E-state index contributed by atoms with van der Waals surface area (Å²) in [6.07, 6.45) is -0.0950. The molecule has 1 fully saturated rings. The number of likely N-dealkylation sites (tertiary alicyclic amines) is 1. The highest BCUT2D eigenvalue weighted by Crippen LogP contribution is 2.17. The Bertz CT molecular complexity index is 104. The monoisotopic (exact) mass is 143 g/mol. The number of rotatable bonds is 1. The van der Waals surface area contributed by atoms with Gasteiger partial charge in [-0.05, 0) is 19.8 Å². The number of aliphatic hydroxyl groups excluding tert-OH is 1. The Hall–Kier alpha value is -0.0800. The molecule has 10 heavy (non-hydrogen) atoms. The van der Waals surface area contributed by atoms with Crippen molar-refractivity contribution in [3.63, 3.8) is 0 Å². The largest absolute Gasteiger partial charge is 0.391 e. The van der Waals surface area contributed by atoms with Crippen LogP contribution in [0.2, 0.25) is 0 Å². The van der Waals surface area contributed by atoms with Crippen LogP contribution in [0.4, 0.5) is 0 Å². The minimum Gasteiger partial charge on any atom is -0.391 e. The Morgan fingerprint density at radius 2 is 2.00 bits per heavy atom. The number of hydrogen-bond acceptors (Lipinski definition) is 2. The van der Waals surface area contributed by atoms with E-state index >= 15 is 0 Å². The van der Waals surface area contributed by atoms with Gasteiger partial charge in [-0.25, -0.2) is 0 Å². The molecule has 0 aromatic carbocycles. The van der Waals surface area contributed by atoms with Crippen molar-refractivity contribution in [3.8, 4) is 0 Å². The van der Waals surface area contributed by atoms with E-state index in [9.17, 15) is 5.11 Å². The Morgan fingerprint density at radius 3 is 2.20 bits per heavy atom. The molecule has 0 bridgehead atoms. The van der Waals surface area contributed by atoms with Gasteiger partial charge in [-0.1, -0.05) is 6.92 Å². The van der Waals surface area contributed by atoms with Gasteiger partial charge in [-0.2, -0.15) is 0 Å². The van der Waals surface area contributed by atoms with Crippen molar-refractivity contribution in [2.45, 2.75) is 32.9 Å². The van der Waals surface area contributed by atoms with Gasteiger partial charge in [0.1, 0.15) is 0 Å². The third kappa shape index (κ3) is 1.50. The molecule has 0 aliphatic carbocycles. The molecule has 0 aromatic heterocycles. The first-order valence-electron chi connectivity index (χ1n) is 4.03. The van der Waals surface area contributed by atoms with E-state index in [4.69, 9.17) is 0 Å². The summed E-state index contributed by atoms with van der Waals surface area (Å²) in [5, 5.41) is 9.38. The molecule has 0 spiro atoms. The summed E-state index contributed by atoms with van der Waals surface area (Å²) in [7, 11) is 0. The van der Waals surface area contributed by atoms with Crippen molar-refractivity contribution in [2.75, 3.05) is 13.1 Å². The third-order valence-corrected chi connectivity index (χ3v) is 2.33. The molecule has 1 N–H and O–H groups in total. The molecule has 1 heterocycles. The van der Waals surface area contributed by atoms with Crippen molar-refractivity contribution in [1.29, 1.82) is 0 Å². The van der Waals surface area contributed by atoms with Gasteiger partial charge >= 0.3 is 0 Å². The van der Waals surface area contributed by atoms with Crippen LogP contribution in [0.3, 0.4) is 0 Å². The second kappa shape index (κ2) is 2.89. The molecule has 0 amide bonds. The van der Waals surface area contributed by atoms with E-state index in [1.54, 1.807) is 0 Å². The predicted molar refractivity (Wildman–Crippen MR) is 41.9 cm³/mol. The maximum atomic E-state index is 9.38. The Kier molecular flexibility index (Phi) is 2.32. The predicted octanol–water partition coefficient (Wildman–Crippen LogP) is 0.707. The number of hydrogen-bond donors (Lipinski definition) is 1. The van der Waals surface area contributed by atoms with Crippen LogP contribution in [0.5, 0.6) is 0 Å². The lowest BCUT2D eigenvalue weighted by molar-refractivity contribution is 0.144. The molecular weight excluding hydrogens is 126 g/mol. The maximum absolute atomic E-state index is 9.38. The van der Waals surface area contributed by atoms with Gasteiger partial charge in [0.2, 0.25) is 0 Å². The number of β-amino-alcohol motifs (C(OH)–C–C–N with tert-alkyl or cyclic N) is 1. The molecule has 1 rings (SSSR count). The Morgan fingerprint density at radius 1 is 1.40 bits per heavy atom. The molecule has 2 nitrogen and oxygen atoms in total. The van der Waals surface area contributed by atoms with Gasteiger partial charge in [-0.3, -0.25) is 4.90 Å². The van der Waals surface area contributed by atoms with Crippen LogP contribution in [-0.4, -0.2) is 35.2 Å². The van der Waals surface area contributed by atoms with Crippen molar-refractivity contribution in [3.05, 3.63) is 0 Å². The average Bonchev–Trinajstić information content (AvgIpc) is 2.13. The minimum atomic E-state index is -0.0950. The zero-order valence-corrected chi connectivity index (χ0v) is 7.04. The van der Waals surface area contributed by atoms with E-state index in [-0.39, 0.29) is 6.10 Å². The minimum absolute atomic E-state index is 0.0950. The van der Waals surface area contributed by atoms with Crippen LogP contribution in [0.25, 0.3) is 0 Å². The lowest BCUT2D eigenvalue weighted by atomic mass is 10.1. The molecule has 0 saturated carbocycles. The van der Waals surface area contributed by atoms with Crippen molar-refractivity contribution in [2.24, 2.45) is 5.92 Å². The zero-order valence-electron chi connectivity index (χ0n) is 7.04. The number of nitrogens with zero attached hydrogens (tertiary/aromatic N) is 1. The molecule has 1 aliphatic rings. The normalized spacial score (nSPS) is 35.7. The van der Waals surface area contributed by atoms with Gasteiger partial charge in [-0.15, -0.1) is 0 Å². The van der Waals surface area contributed by atoms with Gasteiger partial charge in [0.15, 0.2) is 0 Å². The molecule has 2 heteroatoms. The summed E-state index contributed by atoms with van der Waals surface area (Å²) in [5.74, 6) is 0.461. The summed E-state index contributed by atoms with van der Waals surface area (Å²) in [5.41, 5.74) is 0. The fraction of sp³-hybridized carbons (Fsp3) is 1.00. The summed E-state index contributed by atoms with van der Waals surface area (Å²) in [6.45, 7) is 8.36. The first-order valence-corrected chi connectivity index (χ1v) is 4.03. The fourth-order valence-corrected chi connectivity index (χ4v) is 1.41. The lowest BCUT2D eigenvalue weighted by Crippen LogP contribution is -2.29. The van der Waals surface area contributed by atoms with Crippen LogP contribution in [0.1, 0.15) is 20.8 Å². The zero-order chi connectivity index (χ0) is 7.72.